The molecular weight excluding hydrogens is 394 g/mol. The topological polar surface area (TPSA) is 101 Å². The Kier molecular flexibility index (Phi) is 7.26. The molecule has 0 aliphatic carbocycles. The summed E-state index contributed by atoms with van der Waals surface area (Å²) in [7, 11) is 0. The van der Waals surface area contributed by atoms with Gasteiger partial charge in [-0.05, 0) is 35.8 Å². The van der Waals surface area contributed by atoms with Crippen molar-refractivity contribution in [1.82, 2.24) is 10.6 Å². The van der Waals surface area contributed by atoms with Crippen LogP contribution in [0.1, 0.15) is 21.5 Å². The van der Waals surface area contributed by atoms with E-state index in [4.69, 9.17) is 0 Å². The molecule has 0 aliphatic heterocycles. The highest BCUT2D eigenvalue weighted by molar-refractivity contribution is 6.05. The second kappa shape index (κ2) is 10.5. The largest absolute Gasteiger partial charge is 0.350 e. The fraction of sp³-hybridized carbons (Fsp3) is 0.0833. The van der Waals surface area contributed by atoms with Crippen molar-refractivity contribution in [3.05, 3.63) is 117 Å². The summed E-state index contributed by atoms with van der Waals surface area (Å²) in [5, 5.41) is 16.5. The molecule has 0 bridgehead atoms. The average Bonchev–Trinajstić information content (AvgIpc) is 2.80. The van der Waals surface area contributed by atoms with Crippen molar-refractivity contribution in [2.45, 2.75) is 6.42 Å². The SMILES string of the molecule is O=C(NCCc1ccccc1)C(=Cc1cccc([N+](=O)[O-])c1)NC(=O)c1ccccc1. The standard InChI is InChI=1S/C24H21N3O4/c28-23(20-11-5-2-6-12-20)26-22(17-19-10-7-13-21(16-19)27(30)31)24(29)25-15-14-18-8-3-1-4-9-18/h1-13,16-17H,14-15H2,(H,25,29)(H,26,28). The highest BCUT2D eigenvalue weighted by Gasteiger charge is 2.15. The number of hydrogen-bond donors (Lipinski definition) is 2. The van der Waals surface area contributed by atoms with Crippen LogP contribution >= 0.6 is 0 Å². The summed E-state index contributed by atoms with van der Waals surface area (Å²) in [4.78, 5) is 35.9. The van der Waals surface area contributed by atoms with E-state index in [-0.39, 0.29) is 11.4 Å². The van der Waals surface area contributed by atoms with Crippen LogP contribution in [0, 0.1) is 10.1 Å². The third-order valence-corrected chi connectivity index (χ3v) is 4.46. The molecule has 0 saturated carbocycles. The van der Waals surface area contributed by atoms with Gasteiger partial charge in [0.1, 0.15) is 5.70 Å². The quantitative estimate of drug-likeness (QED) is 0.333. The highest BCUT2D eigenvalue weighted by Crippen LogP contribution is 2.15. The zero-order valence-corrected chi connectivity index (χ0v) is 16.7. The van der Waals surface area contributed by atoms with E-state index in [9.17, 15) is 19.7 Å². The van der Waals surface area contributed by atoms with E-state index in [1.54, 1.807) is 36.4 Å². The van der Waals surface area contributed by atoms with Gasteiger partial charge < -0.3 is 10.6 Å². The first-order valence-electron chi connectivity index (χ1n) is 9.67. The lowest BCUT2D eigenvalue weighted by Gasteiger charge is -2.11. The molecule has 31 heavy (non-hydrogen) atoms. The number of nitro benzene ring substituents is 1. The predicted octanol–water partition coefficient (Wildman–Crippen LogP) is 3.72. The maximum Gasteiger partial charge on any atom is 0.270 e. The maximum atomic E-state index is 12.8. The second-order valence-corrected chi connectivity index (χ2v) is 6.72. The number of non-ortho nitro benzene ring substituents is 1. The molecular formula is C24H21N3O4. The van der Waals surface area contributed by atoms with Gasteiger partial charge in [-0.3, -0.25) is 19.7 Å². The Morgan fingerprint density at radius 2 is 1.58 bits per heavy atom. The zero-order valence-electron chi connectivity index (χ0n) is 16.7. The second-order valence-electron chi connectivity index (χ2n) is 6.72. The van der Waals surface area contributed by atoms with Gasteiger partial charge in [0.2, 0.25) is 0 Å². The summed E-state index contributed by atoms with van der Waals surface area (Å²) in [5.41, 5.74) is 1.79. The smallest absolute Gasteiger partial charge is 0.270 e. The van der Waals surface area contributed by atoms with Crippen molar-refractivity contribution in [2.24, 2.45) is 0 Å². The Balaban J connectivity index is 1.79. The lowest BCUT2D eigenvalue weighted by Crippen LogP contribution is -2.35. The molecule has 7 nitrogen and oxygen atoms in total. The highest BCUT2D eigenvalue weighted by atomic mass is 16.6. The first kappa shape index (κ1) is 21.4. The number of amides is 2. The van der Waals surface area contributed by atoms with Crippen molar-refractivity contribution in [1.29, 1.82) is 0 Å². The predicted molar refractivity (Wildman–Crippen MR) is 118 cm³/mol. The first-order valence-corrected chi connectivity index (χ1v) is 9.67. The molecule has 0 aromatic heterocycles. The lowest BCUT2D eigenvalue weighted by molar-refractivity contribution is -0.384. The van der Waals surface area contributed by atoms with Crippen molar-refractivity contribution >= 4 is 23.6 Å². The fourth-order valence-corrected chi connectivity index (χ4v) is 2.90. The molecule has 0 unspecified atom stereocenters. The van der Waals surface area contributed by atoms with E-state index in [0.29, 0.717) is 24.1 Å². The number of nitro groups is 1. The molecule has 0 atom stereocenters. The molecule has 0 heterocycles. The van der Waals surface area contributed by atoms with Crippen LogP contribution < -0.4 is 10.6 Å². The average molecular weight is 415 g/mol. The van der Waals surface area contributed by atoms with Crippen molar-refractivity contribution in [3.63, 3.8) is 0 Å². The van der Waals surface area contributed by atoms with Gasteiger partial charge >= 0.3 is 0 Å². The van der Waals surface area contributed by atoms with Crippen LogP contribution in [0.4, 0.5) is 5.69 Å². The van der Waals surface area contributed by atoms with Gasteiger partial charge in [0.15, 0.2) is 0 Å². The molecule has 0 fully saturated rings. The van der Waals surface area contributed by atoms with Gasteiger partial charge in [-0.1, -0.05) is 60.7 Å². The van der Waals surface area contributed by atoms with Crippen LogP contribution in [-0.2, 0) is 11.2 Å². The Morgan fingerprint density at radius 1 is 0.903 bits per heavy atom. The minimum atomic E-state index is -0.514. The number of carbonyl (C=O) groups excluding carboxylic acids is 2. The Hall–Kier alpha value is -4.26. The minimum Gasteiger partial charge on any atom is -0.350 e. The normalized spacial score (nSPS) is 10.9. The van der Waals surface area contributed by atoms with Crippen LogP contribution in [0.2, 0.25) is 0 Å². The van der Waals surface area contributed by atoms with Gasteiger partial charge in [0, 0.05) is 24.2 Å². The zero-order chi connectivity index (χ0) is 22.1. The Morgan fingerprint density at radius 3 is 2.26 bits per heavy atom. The van der Waals surface area contributed by atoms with Crippen LogP contribution in [0.5, 0.6) is 0 Å². The summed E-state index contributed by atoms with van der Waals surface area (Å²) in [6.07, 6.45) is 2.05. The molecule has 3 aromatic rings. The third-order valence-electron chi connectivity index (χ3n) is 4.46. The van der Waals surface area contributed by atoms with Crippen LogP contribution in [-0.4, -0.2) is 23.3 Å². The number of nitrogens with zero attached hydrogens (tertiary/aromatic N) is 1. The summed E-state index contributed by atoms with van der Waals surface area (Å²) < 4.78 is 0. The Labute approximate surface area is 179 Å². The summed E-state index contributed by atoms with van der Waals surface area (Å²) >= 11 is 0. The number of carbonyl (C=O) groups is 2. The molecule has 3 aromatic carbocycles. The molecule has 0 spiro atoms. The molecule has 0 saturated heterocycles. The van der Waals surface area contributed by atoms with Gasteiger partial charge in [-0.25, -0.2) is 0 Å². The van der Waals surface area contributed by atoms with Crippen molar-refractivity contribution in [2.75, 3.05) is 6.54 Å². The van der Waals surface area contributed by atoms with Gasteiger partial charge in [-0.2, -0.15) is 0 Å². The summed E-state index contributed by atoms with van der Waals surface area (Å²) in [6, 6.07) is 24.0. The maximum absolute atomic E-state index is 12.8. The molecule has 7 heteroatoms. The van der Waals surface area contributed by atoms with E-state index >= 15 is 0 Å². The first-order chi connectivity index (χ1) is 15.0. The van der Waals surface area contributed by atoms with Gasteiger partial charge in [-0.15, -0.1) is 0 Å². The molecule has 2 amide bonds. The van der Waals surface area contributed by atoms with E-state index in [0.717, 1.165) is 5.56 Å². The third kappa shape index (κ3) is 6.37. The minimum absolute atomic E-state index is 0.00223. The van der Waals surface area contributed by atoms with Crippen LogP contribution in [0.25, 0.3) is 6.08 Å². The van der Waals surface area contributed by atoms with Crippen LogP contribution in [0.3, 0.4) is 0 Å². The van der Waals surface area contributed by atoms with Gasteiger partial charge in [0.05, 0.1) is 4.92 Å². The van der Waals surface area contributed by atoms with Crippen molar-refractivity contribution in [3.8, 4) is 0 Å². The molecule has 3 rings (SSSR count). The monoisotopic (exact) mass is 415 g/mol. The fourth-order valence-electron chi connectivity index (χ4n) is 2.90. The van der Waals surface area contributed by atoms with E-state index in [1.165, 1.54) is 24.3 Å². The number of benzene rings is 3. The van der Waals surface area contributed by atoms with E-state index < -0.39 is 16.7 Å². The number of nitrogens with one attached hydrogen (secondary N) is 2. The van der Waals surface area contributed by atoms with Crippen LogP contribution in [0.15, 0.2) is 90.6 Å². The van der Waals surface area contributed by atoms with E-state index in [1.807, 2.05) is 30.3 Å². The molecule has 2 N–H and O–H groups in total. The molecule has 0 aliphatic rings. The van der Waals surface area contributed by atoms with Gasteiger partial charge in [0.25, 0.3) is 17.5 Å². The summed E-state index contributed by atoms with van der Waals surface area (Å²) in [6.45, 7) is 0.371. The van der Waals surface area contributed by atoms with Crippen molar-refractivity contribution < 1.29 is 14.5 Å². The molecule has 156 valence electrons. The summed E-state index contributed by atoms with van der Waals surface area (Å²) in [5.74, 6) is -0.929. The molecule has 0 radical (unpaired) electrons. The lowest BCUT2D eigenvalue weighted by atomic mass is 10.1. The Bertz CT molecular complexity index is 1100. The number of rotatable bonds is 8. The van der Waals surface area contributed by atoms with E-state index in [2.05, 4.69) is 10.6 Å². The number of hydrogen-bond acceptors (Lipinski definition) is 4.